The van der Waals surface area contributed by atoms with Crippen LogP contribution in [-0.2, 0) is 10.5 Å². The minimum Gasteiger partial charge on any atom is -0.353 e. The van der Waals surface area contributed by atoms with Crippen LogP contribution in [0.15, 0.2) is 30.3 Å². The first-order chi connectivity index (χ1) is 13.4. The second-order valence-electron chi connectivity index (χ2n) is 7.37. The van der Waals surface area contributed by atoms with Gasteiger partial charge in [0, 0.05) is 54.6 Å². The van der Waals surface area contributed by atoms with E-state index in [-0.39, 0.29) is 5.91 Å². The Balaban J connectivity index is 1.48. The van der Waals surface area contributed by atoms with Gasteiger partial charge in [-0.15, -0.1) is 11.8 Å². The normalized spacial score (nSPS) is 14.6. The summed E-state index contributed by atoms with van der Waals surface area (Å²) in [5, 5.41) is 0.738. The highest BCUT2D eigenvalue weighted by molar-refractivity contribution is 7.99. The first kappa shape index (κ1) is 20.9. The summed E-state index contributed by atoms with van der Waals surface area (Å²) < 4.78 is 0. The van der Waals surface area contributed by atoms with Gasteiger partial charge in [-0.3, -0.25) is 4.79 Å². The Kier molecular flexibility index (Phi) is 7.18. The Morgan fingerprint density at radius 3 is 2.46 bits per heavy atom. The lowest BCUT2D eigenvalue weighted by molar-refractivity contribution is -0.128. The van der Waals surface area contributed by atoms with Crippen LogP contribution in [0.2, 0.25) is 5.02 Å². The monoisotopic (exact) mass is 418 g/mol. The Labute approximate surface area is 176 Å². The summed E-state index contributed by atoms with van der Waals surface area (Å²) >= 11 is 7.56. The van der Waals surface area contributed by atoms with E-state index in [1.807, 2.05) is 42.2 Å². The predicted molar refractivity (Wildman–Crippen MR) is 117 cm³/mol. The standard InChI is InChI=1S/C21H27ClN4OS/c1-15(2)21-23-16(3)12-19(24-21)25-8-10-26(11-9-25)20(27)14-28-13-17-4-6-18(22)7-5-17/h4-7,12,15H,8-11,13-14H2,1-3H3. The van der Waals surface area contributed by atoms with Crippen molar-refractivity contribution in [1.82, 2.24) is 14.9 Å². The molecule has 0 aliphatic carbocycles. The highest BCUT2D eigenvalue weighted by Gasteiger charge is 2.22. The molecule has 3 rings (SSSR count). The number of carbonyl (C=O) groups excluding carboxylic acids is 1. The van der Waals surface area contributed by atoms with E-state index in [1.165, 1.54) is 5.56 Å². The Morgan fingerprint density at radius 1 is 1.14 bits per heavy atom. The summed E-state index contributed by atoms with van der Waals surface area (Å²) in [4.78, 5) is 26.0. The van der Waals surface area contributed by atoms with E-state index in [0.717, 1.165) is 54.3 Å². The van der Waals surface area contributed by atoms with Crippen LogP contribution in [0.5, 0.6) is 0 Å². The number of anilines is 1. The summed E-state index contributed by atoms with van der Waals surface area (Å²) in [6.07, 6.45) is 0. The number of aryl methyl sites for hydroxylation is 1. The molecule has 7 heteroatoms. The van der Waals surface area contributed by atoms with Crippen LogP contribution in [0.3, 0.4) is 0 Å². The van der Waals surface area contributed by atoms with Crippen LogP contribution >= 0.6 is 23.4 Å². The maximum absolute atomic E-state index is 12.5. The van der Waals surface area contributed by atoms with Gasteiger partial charge >= 0.3 is 0 Å². The number of aromatic nitrogens is 2. The highest BCUT2D eigenvalue weighted by Crippen LogP contribution is 2.20. The number of benzene rings is 1. The van der Waals surface area contributed by atoms with Crippen molar-refractivity contribution in [3.63, 3.8) is 0 Å². The van der Waals surface area contributed by atoms with Crippen LogP contribution in [0, 0.1) is 6.92 Å². The number of hydrogen-bond donors (Lipinski definition) is 0. The van der Waals surface area contributed by atoms with Crippen molar-refractivity contribution in [3.8, 4) is 0 Å². The summed E-state index contributed by atoms with van der Waals surface area (Å²) in [5.74, 6) is 3.69. The van der Waals surface area contributed by atoms with Gasteiger partial charge in [0.15, 0.2) is 0 Å². The zero-order valence-electron chi connectivity index (χ0n) is 16.7. The molecule has 150 valence electrons. The molecule has 0 radical (unpaired) electrons. The second-order valence-corrected chi connectivity index (χ2v) is 8.79. The fourth-order valence-electron chi connectivity index (χ4n) is 3.11. The van der Waals surface area contributed by atoms with Gasteiger partial charge in [-0.1, -0.05) is 37.6 Å². The Bertz CT molecular complexity index is 805. The van der Waals surface area contributed by atoms with Crippen LogP contribution < -0.4 is 4.90 Å². The number of carbonyl (C=O) groups is 1. The third-order valence-electron chi connectivity index (χ3n) is 4.74. The number of rotatable bonds is 6. The minimum atomic E-state index is 0.209. The summed E-state index contributed by atoms with van der Waals surface area (Å²) in [6.45, 7) is 9.31. The largest absolute Gasteiger partial charge is 0.353 e. The van der Waals surface area contributed by atoms with Crippen molar-refractivity contribution in [2.24, 2.45) is 0 Å². The molecule has 2 heterocycles. The zero-order valence-corrected chi connectivity index (χ0v) is 18.3. The number of amides is 1. The van der Waals surface area contributed by atoms with Gasteiger partial charge in [0.2, 0.25) is 5.91 Å². The molecule has 1 saturated heterocycles. The van der Waals surface area contributed by atoms with Gasteiger partial charge in [0.1, 0.15) is 11.6 Å². The van der Waals surface area contributed by atoms with Crippen LogP contribution in [0.4, 0.5) is 5.82 Å². The van der Waals surface area contributed by atoms with Crippen molar-refractivity contribution in [2.75, 3.05) is 36.8 Å². The van der Waals surface area contributed by atoms with Gasteiger partial charge in [-0.05, 0) is 24.6 Å². The number of thioether (sulfide) groups is 1. The minimum absolute atomic E-state index is 0.209. The maximum atomic E-state index is 12.5. The van der Waals surface area contributed by atoms with Gasteiger partial charge < -0.3 is 9.80 Å². The summed E-state index contributed by atoms with van der Waals surface area (Å²) in [5.41, 5.74) is 2.18. The average molecular weight is 419 g/mol. The molecule has 2 aromatic rings. The molecular weight excluding hydrogens is 392 g/mol. The fraction of sp³-hybridized carbons (Fsp3) is 0.476. The van der Waals surface area contributed by atoms with Gasteiger partial charge in [-0.2, -0.15) is 0 Å². The molecule has 0 saturated carbocycles. The third kappa shape index (κ3) is 5.61. The lowest BCUT2D eigenvalue weighted by Crippen LogP contribution is -2.49. The first-order valence-corrected chi connectivity index (χ1v) is 11.2. The van der Waals surface area contributed by atoms with Crippen LogP contribution in [0.25, 0.3) is 0 Å². The van der Waals surface area contributed by atoms with E-state index >= 15 is 0 Å². The molecule has 0 spiro atoms. The van der Waals surface area contributed by atoms with Crippen molar-refractivity contribution >= 4 is 35.1 Å². The first-order valence-electron chi connectivity index (χ1n) is 9.63. The molecule has 0 unspecified atom stereocenters. The Morgan fingerprint density at radius 2 is 1.82 bits per heavy atom. The van der Waals surface area contributed by atoms with Crippen molar-refractivity contribution in [3.05, 3.63) is 52.4 Å². The van der Waals surface area contributed by atoms with E-state index in [1.54, 1.807) is 11.8 Å². The molecule has 0 atom stereocenters. The zero-order chi connectivity index (χ0) is 20.1. The molecule has 5 nitrogen and oxygen atoms in total. The van der Waals surface area contributed by atoms with Crippen LogP contribution in [-0.4, -0.2) is 52.7 Å². The Hall–Kier alpha value is -1.79. The SMILES string of the molecule is Cc1cc(N2CCN(C(=O)CSCc3ccc(Cl)cc3)CC2)nc(C(C)C)n1. The second kappa shape index (κ2) is 9.61. The van der Waals surface area contributed by atoms with Crippen molar-refractivity contribution in [2.45, 2.75) is 32.4 Å². The summed E-state index contributed by atoms with van der Waals surface area (Å²) in [6, 6.07) is 9.82. The number of nitrogens with zero attached hydrogens (tertiary/aromatic N) is 4. The molecular formula is C21H27ClN4OS. The molecule has 1 amide bonds. The average Bonchev–Trinajstić information content (AvgIpc) is 2.69. The van der Waals surface area contributed by atoms with Gasteiger partial charge in [0.05, 0.1) is 5.75 Å². The fourth-order valence-corrected chi connectivity index (χ4v) is 4.12. The summed E-state index contributed by atoms with van der Waals surface area (Å²) in [7, 11) is 0. The topological polar surface area (TPSA) is 49.3 Å². The maximum Gasteiger partial charge on any atom is 0.232 e. The van der Waals surface area contributed by atoms with E-state index < -0.39 is 0 Å². The lowest BCUT2D eigenvalue weighted by atomic mass is 10.2. The lowest BCUT2D eigenvalue weighted by Gasteiger charge is -2.35. The number of piperazine rings is 1. The quantitative estimate of drug-likeness (QED) is 0.705. The molecule has 1 aromatic carbocycles. The molecule has 1 aliphatic rings. The van der Waals surface area contributed by atoms with Gasteiger partial charge in [0.25, 0.3) is 0 Å². The molecule has 1 fully saturated rings. The van der Waals surface area contributed by atoms with Gasteiger partial charge in [-0.25, -0.2) is 9.97 Å². The van der Waals surface area contributed by atoms with E-state index in [2.05, 4.69) is 23.7 Å². The number of hydrogen-bond acceptors (Lipinski definition) is 5. The van der Waals surface area contributed by atoms with Crippen molar-refractivity contribution < 1.29 is 4.79 Å². The van der Waals surface area contributed by atoms with Crippen LogP contribution in [0.1, 0.15) is 36.8 Å². The molecule has 28 heavy (non-hydrogen) atoms. The smallest absolute Gasteiger partial charge is 0.232 e. The number of halogens is 1. The molecule has 1 aliphatic heterocycles. The molecule has 0 bridgehead atoms. The third-order valence-corrected chi connectivity index (χ3v) is 5.98. The molecule has 1 aromatic heterocycles. The highest BCUT2D eigenvalue weighted by atomic mass is 35.5. The van der Waals surface area contributed by atoms with E-state index in [9.17, 15) is 4.79 Å². The predicted octanol–water partition coefficient (Wildman–Crippen LogP) is 4.14. The van der Waals surface area contributed by atoms with E-state index in [4.69, 9.17) is 16.6 Å². The van der Waals surface area contributed by atoms with E-state index in [0.29, 0.717) is 11.7 Å². The molecule has 0 N–H and O–H groups in total. The van der Waals surface area contributed by atoms with Crippen molar-refractivity contribution in [1.29, 1.82) is 0 Å².